The van der Waals surface area contributed by atoms with Gasteiger partial charge in [0.25, 0.3) is 0 Å². The molecule has 2 aliphatic rings. The van der Waals surface area contributed by atoms with Crippen molar-refractivity contribution in [3.63, 3.8) is 0 Å². The third-order valence-corrected chi connectivity index (χ3v) is 6.05. The van der Waals surface area contributed by atoms with Crippen LogP contribution in [0.25, 0.3) is 0 Å². The molecule has 0 heterocycles. The highest BCUT2D eigenvalue weighted by Gasteiger charge is 2.35. The van der Waals surface area contributed by atoms with Crippen LogP contribution in [0.15, 0.2) is 12.2 Å². The van der Waals surface area contributed by atoms with Crippen molar-refractivity contribution in [3.8, 4) is 0 Å². The maximum absolute atomic E-state index is 5.84. The Labute approximate surface area is 101 Å². The van der Waals surface area contributed by atoms with E-state index in [9.17, 15) is 0 Å². The lowest BCUT2D eigenvalue weighted by Crippen LogP contribution is -2.26. The summed E-state index contributed by atoms with van der Waals surface area (Å²) in [6.45, 7) is 4.19. The standard InChI is InChI=1S/C13H24O2Si/c1-10(2)15-16(14-3)7-6-13-9-11-4-5-12(13)8-11/h4-5,10-13,16H,6-9H2,1-3H3. The molecule has 0 amide bonds. The summed E-state index contributed by atoms with van der Waals surface area (Å²) in [5.41, 5.74) is 0. The molecule has 1 fully saturated rings. The topological polar surface area (TPSA) is 18.5 Å². The monoisotopic (exact) mass is 240 g/mol. The predicted molar refractivity (Wildman–Crippen MR) is 68.6 cm³/mol. The van der Waals surface area contributed by atoms with Crippen LogP contribution in [-0.2, 0) is 8.85 Å². The summed E-state index contributed by atoms with van der Waals surface area (Å²) < 4.78 is 11.3. The molecule has 3 heteroatoms. The molecule has 0 aromatic heterocycles. The minimum atomic E-state index is -1.37. The van der Waals surface area contributed by atoms with E-state index in [1.165, 1.54) is 25.3 Å². The van der Waals surface area contributed by atoms with Crippen molar-refractivity contribution in [2.75, 3.05) is 7.11 Å². The van der Waals surface area contributed by atoms with E-state index in [0.29, 0.717) is 6.10 Å². The number of hydrogen-bond acceptors (Lipinski definition) is 2. The molecule has 0 radical (unpaired) electrons. The molecule has 4 unspecified atom stereocenters. The summed E-state index contributed by atoms with van der Waals surface area (Å²) in [5, 5.41) is 0. The summed E-state index contributed by atoms with van der Waals surface area (Å²) in [6, 6.07) is 1.18. The number of fused-ring (bicyclic) bond motifs is 2. The first kappa shape index (κ1) is 12.3. The SMILES string of the molecule is CO[SiH](CCC1CC2C=CC1C2)OC(C)C. The molecule has 2 bridgehead atoms. The van der Waals surface area contributed by atoms with Gasteiger partial charge in [0.15, 0.2) is 0 Å². The lowest BCUT2D eigenvalue weighted by atomic mass is 9.91. The normalized spacial score (nSPS) is 33.9. The van der Waals surface area contributed by atoms with Crippen LogP contribution in [0.4, 0.5) is 0 Å². The molecule has 2 rings (SSSR count). The quantitative estimate of drug-likeness (QED) is 0.525. The van der Waals surface area contributed by atoms with Gasteiger partial charge in [0.2, 0.25) is 0 Å². The van der Waals surface area contributed by atoms with Crippen molar-refractivity contribution in [3.05, 3.63) is 12.2 Å². The van der Waals surface area contributed by atoms with Gasteiger partial charge in [0.05, 0.1) is 0 Å². The van der Waals surface area contributed by atoms with Gasteiger partial charge in [-0.2, -0.15) is 0 Å². The van der Waals surface area contributed by atoms with Gasteiger partial charge in [-0.1, -0.05) is 12.2 Å². The van der Waals surface area contributed by atoms with E-state index in [-0.39, 0.29) is 0 Å². The molecule has 0 aromatic carbocycles. The minimum Gasteiger partial charge on any atom is -0.400 e. The van der Waals surface area contributed by atoms with E-state index in [2.05, 4.69) is 26.0 Å². The molecule has 0 aliphatic heterocycles. The van der Waals surface area contributed by atoms with Gasteiger partial charge in [-0.3, -0.25) is 0 Å². The number of allylic oxidation sites excluding steroid dienone is 2. The fraction of sp³-hybridized carbons (Fsp3) is 0.846. The molecule has 4 atom stereocenters. The van der Waals surface area contributed by atoms with Crippen molar-refractivity contribution in [1.82, 2.24) is 0 Å². The molecule has 0 aromatic rings. The minimum absolute atomic E-state index is 0.316. The van der Waals surface area contributed by atoms with Gasteiger partial charge < -0.3 is 8.85 Å². The lowest BCUT2D eigenvalue weighted by molar-refractivity contribution is 0.176. The number of hydrogen-bond donors (Lipinski definition) is 0. The van der Waals surface area contributed by atoms with Crippen molar-refractivity contribution in [2.24, 2.45) is 17.8 Å². The van der Waals surface area contributed by atoms with E-state index in [1.807, 2.05) is 0 Å². The molecule has 16 heavy (non-hydrogen) atoms. The third-order valence-electron chi connectivity index (χ3n) is 3.88. The van der Waals surface area contributed by atoms with Crippen LogP contribution >= 0.6 is 0 Å². The Kier molecular flexibility index (Phi) is 4.22. The summed E-state index contributed by atoms with van der Waals surface area (Å²) >= 11 is 0. The van der Waals surface area contributed by atoms with Crippen molar-refractivity contribution < 1.29 is 8.85 Å². The Bertz CT molecular complexity index is 252. The largest absolute Gasteiger partial charge is 0.400 e. The highest BCUT2D eigenvalue weighted by molar-refractivity contribution is 6.44. The Morgan fingerprint density at radius 1 is 1.31 bits per heavy atom. The maximum atomic E-state index is 5.84. The van der Waals surface area contributed by atoms with E-state index in [4.69, 9.17) is 8.85 Å². The van der Waals surface area contributed by atoms with Crippen LogP contribution in [0, 0.1) is 17.8 Å². The smallest absolute Gasteiger partial charge is 0.321 e. The summed E-state index contributed by atoms with van der Waals surface area (Å²) in [7, 11) is 0.431. The molecule has 0 saturated heterocycles. The Morgan fingerprint density at radius 2 is 2.12 bits per heavy atom. The second kappa shape index (κ2) is 5.47. The van der Waals surface area contributed by atoms with Crippen LogP contribution in [0.5, 0.6) is 0 Å². The first-order chi connectivity index (χ1) is 7.69. The molecule has 2 aliphatic carbocycles. The highest BCUT2D eigenvalue weighted by Crippen LogP contribution is 2.45. The second-order valence-corrected chi connectivity index (χ2v) is 7.65. The number of rotatable bonds is 6. The van der Waals surface area contributed by atoms with Gasteiger partial charge >= 0.3 is 9.28 Å². The Morgan fingerprint density at radius 3 is 2.62 bits per heavy atom. The first-order valence-corrected chi connectivity index (χ1v) is 8.31. The average molecular weight is 240 g/mol. The van der Waals surface area contributed by atoms with Crippen LogP contribution in [0.3, 0.4) is 0 Å². The van der Waals surface area contributed by atoms with E-state index < -0.39 is 9.28 Å². The molecule has 0 spiro atoms. The van der Waals surface area contributed by atoms with E-state index in [0.717, 1.165) is 17.8 Å². The van der Waals surface area contributed by atoms with E-state index >= 15 is 0 Å². The third kappa shape index (κ3) is 2.96. The average Bonchev–Trinajstić information content (AvgIpc) is 2.85. The second-order valence-electron chi connectivity index (χ2n) is 5.47. The summed E-state index contributed by atoms with van der Waals surface area (Å²) in [6.07, 6.45) is 9.30. The van der Waals surface area contributed by atoms with Crippen LogP contribution in [0.1, 0.15) is 33.1 Å². The fourth-order valence-electron chi connectivity index (χ4n) is 3.12. The van der Waals surface area contributed by atoms with Crippen LogP contribution < -0.4 is 0 Å². The first-order valence-electron chi connectivity index (χ1n) is 6.55. The summed E-state index contributed by atoms with van der Waals surface area (Å²) in [5.74, 6) is 2.68. The van der Waals surface area contributed by atoms with Gasteiger partial charge in [-0.15, -0.1) is 0 Å². The highest BCUT2D eigenvalue weighted by atomic mass is 28.3. The molecule has 1 saturated carbocycles. The Hall–Kier alpha value is -0.123. The van der Waals surface area contributed by atoms with Crippen molar-refractivity contribution in [1.29, 1.82) is 0 Å². The zero-order chi connectivity index (χ0) is 11.5. The predicted octanol–water partition coefficient (Wildman–Crippen LogP) is 2.88. The molecular weight excluding hydrogens is 216 g/mol. The van der Waals surface area contributed by atoms with Crippen LogP contribution in [-0.4, -0.2) is 22.5 Å². The van der Waals surface area contributed by atoms with Gasteiger partial charge in [-0.05, 0) is 56.9 Å². The molecular formula is C13H24O2Si. The lowest BCUT2D eigenvalue weighted by Gasteiger charge is -2.21. The van der Waals surface area contributed by atoms with Gasteiger partial charge in [0.1, 0.15) is 0 Å². The zero-order valence-electron chi connectivity index (χ0n) is 10.7. The van der Waals surface area contributed by atoms with Crippen LogP contribution in [0.2, 0.25) is 6.04 Å². The zero-order valence-corrected chi connectivity index (χ0v) is 11.8. The maximum Gasteiger partial charge on any atom is 0.321 e. The van der Waals surface area contributed by atoms with E-state index in [1.54, 1.807) is 7.11 Å². The van der Waals surface area contributed by atoms with Crippen molar-refractivity contribution >= 4 is 9.28 Å². The molecule has 2 nitrogen and oxygen atoms in total. The fourth-order valence-corrected chi connectivity index (χ4v) is 4.91. The molecule has 0 N–H and O–H groups in total. The van der Waals surface area contributed by atoms with Gasteiger partial charge in [0, 0.05) is 13.2 Å². The summed E-state index contributed by atoms with van der Waals surface area (Å²) in [4.78, 5) is 0. The van der Waals surface area contributed by atoms with Crippen molar-refractivity contribution in [2.45, 2.75) is 45.3 Å². The Balaban J connectivity index is 1.72. The van der Waals surface area contributed by atoms with Gasteiger partial charge in [-0.25, -0.2) is 0 Å². The molecule has 92 valence electrons.